The number of methoxy groups -OCH3 is 2. The van der Waals surface area contributed by atoms with Crippen LogP contribution in [0.3, 0.4) is 0 Å². The summed E-state index contributed by atoms with van der Waals surface area (Å²) < 4.78 is 52.3. The average Bonchev–Trinajstić information content (AvgIpc) is 2.75. The summed E-state index contributed by atoms with van der Waals surface area (Å²) in [6.45, 7) is 4.12. The van der Waals surface area contributed by atoms with Crippen molar-refractivity contribution in [3.05, 3.63) is 59.4 Å². The van der Waals surface area contributed by atoms with Gasteiger partial charge in [0.15, 0.2) is 17.4 Å². The first kappa shape index (κ1) is 24.4. The van der Waals surface area contributed by atoms with Crippen LogP contribution in [0.25, 0.3) is 11.1 Å². The normalized spacial score (nSPS) is 12.9. The van der Waals surface area contributed by atoms with Crippen LogP contribution in [0.1, 0.15) is 70.3 Å². The van der Waals surface area contributed by atoms with Crippen LogP contribution < -0.4 is 0 Å². The van der Waals surface area contributed by atoms with Crippen LogP contribution in [0.5, 0.6) is 0 Å². The van der Waals surface area contributed by atoms with Crippen molar-refractivity contribution in [3.63, 3.8) is 0 Å². The van der Waals surface area contributed by atoms with E-state index in [0.717, 1.165) is 30.9 Å². The van der Waals surface area contributed by atoms with E-state index >= 15 is 0 Å². The number of benzene rings is 2. The van der Waals surface area contributed by atoms with Gasteiger partial charge >= 0.3 is 0 Å². The zero-order valence-electron chi connectivity index (χ0n) is 18.4. The van der Waals surface area contributed by atoms with Crippen molar-refractivity contribution in [2.24, 2.45) is 0 Å². The van der Waals surface area contributed by atoms with Gasteiger partial charge in [-0.15, -0.1) is 0 Å². The molecule has 0 radical (unpaired) electrons. The van der Waals surface area contributed by atoms with Crippen molar-refractivity contribution < 1.29 is 22.6 Å². The highest BCUT2D eigenvalue weighted by molar-refractivity contribution is 5.64. The third-order valence-corrected chi connectivity index (χ3v) is 5.92. The third-order valence-electron chi connectivity index (χ3n) is 5.92. The molecule has 1 atom stereocenters. The van der Waals surface area contributed by atoms with Crippen molar-refractivity contribution in [2.75, 3.05) is 14.2 Å². The molecule has 0 saturated carbocycles. The smallest absolute Gasteiger partial charge is 0.171 e. The Bertz CT molecular complexity index is 786. The van der Waals surface area contributed by atoms with Crippen LogP contribution in [0.4, 0.5) is 13.2 Å². The monoisotopic (exact) mass is 422 g/mol. The van der Waals surface area contributed by atoms with Crippen LogP contribution in [-0.2, 0) is 9.47 Å². The third kappa shape index (κ3) is 6.08. The lowest BCUT2D eigenvalue weighted by atomic mass is 9.85. The molecule has 0 N–H and O–H groups in total. The van der Waals surface area contributed by atoms with Gasteiger partial charge in [-0.2, -0.15) is 0 Å². The Morgan fingerprint density at radius 3 is 1.97 bits per heavy atom. The summed E-state index contributed by atoms with van der Waals surface area (Å²) in [4.78, 5) is 0. The molecule has 1 unspecified atom stereocenters. The van der Waals surface area contributed by atoms with Crippen LogP contribution in [0.15, 0.2) is 36.4 Å². The van der Waals surface area contributed by atoms with E-state index in [4.69, 9.17) is 9.47 Å². The molecular weight excluding hydrogens is 389 g/mol. The summed E-state index contributed by atoms with van der Waals surface area (Å²) in [6, 6.07) is 8.69. The first-order valence-electron chi connectivity index (χ1n) is 10.7. The highest BCUT2D eigenvalue weighted by Gasteiger charge is 2.35. The lowest BCUT2D eigenvalue weighted by Gasteiger charge is -2.35. The Hall–Kier alpha value is -1.85. The molecule has 0 heterocycles. The molecule has 5 heteroatoms. The summed E-state index contributed by atoms with van der Waals surface area (Å²) in [5, 5.41) is 0. The lowest BCUT2D eigenvalue weighted by Crippen LogP contribution is -2.37. The molecule has 0 saturated heterocycles. The number of hydrogen-bond acceptors (Lipinski definition) is 2. The van der Waals surface area contributed by atoms with Gasteiger partial charge in [0, 0.05) is 31.8 Å². The molecule has 0 bridgehead atoms. The van der Waals surface area contributed by atoms with E-state index in [2.05, 4.69) is 6.92 Å². The zero-order chi connectivity index (χ0) is 22.1. The standard InChI is InChI=1S/C25H33F3O2/c1-5-6-7-8-9-10-11-21(25(2,29-3)30-4)19-14-12-18(13-15-19)20-16-23(27)24(28)17-22(20)26/h12-17,21H,5-11H2,1-4H3. The van der Waals surface area contributed by atoms with E-state index in [0.29, 0.717) is 11.6 Å². The van der Waals surface area contributed by atoms with E-state index in [1.54, 1.807) is 26.4 Å². The first-order chi connectivity index (χ1) is 14.4. The molecule has 0 aromatic heterocycles. The highest BCUT2D eigenvalue weighted by atomic mass is 19.2. The fraction of sp³-hybridized carbons (Fsp3) is 0.520. The van der Waals surface area contributed by atoms with E-state index < -0.39 is 23.2 Å². The fourth-order valence-electron chi connectivity index (χ4n) is 3.87. The molecular formula is C25H33F3O2. The van der Waals surface area contributed by atoms with Gasteiger partial charge in [0.25, 0.3) is 0 Å². The maximum atomic E-state index is 14.1. The topological polar surface area (TPSA) is 18.5 Å². The number of ether oxygens (including phenoxy) is 2. The van der Waals surface area contributed by atoms with Crippen LogP contribution in [0, 0.1) is 17.5 Å². The molecule has 0 spiro atoms. The SMILES string of the molecule is CCCCCCCCC(c1ccc(-c2cc(F)c(F)cc2F)cc1)C(C)(OC)OC. The summed E-state index contributed by atoms with van der Waals surface area (Å²) in [5.41, 5.74) is 1.53. The Labute approximate surface area is 178 Å². The quantitative estimate of drug-likeness (QED) is 0.199. The minimum absolute atomic E-state index is 0.0116. The van der Waals surface area contributed by atoms with Crippen molar-refractivity contribution in [1.82, 2.24) is 0 Å². The molecule has 0 aliphatic rings. The number of rotatable bonds is 12. The van der Waals surface area contributed by atoms with Crippen molar-refractivity contribution in [2.45, 2.75) is 70.5 Å². The maximum Gasteiger partial charge on any atom is 0.171 e. The van der Waals surface area contributed by atoms with E-state index in [-0.39, 0.29) is 11.5 Å². The van der Waals surface area contributed by atoms with Gasteiger partial charge < -0.3 is 9.47 Å². The Morgan fingerprint density at radius 2 is 1.37 bits per heavy atom. The minimum atomic E-state index is -1.19. The van der Waals surface area contributed by atoms with Crippen molar-refractivity contribution in [1.29, 1.82) is 0 Å². The second-order valence-corrected chi connectivity index (χ2v) is 7.90. The molecule has 0 fully saturated rings. The maximum absolute atomic E-state index is 14.1. The summed E-state index contributed by atoms with van der Waals surface area (Å²) in [5.74, 6) is -3.85. The Balaban J connectivity index is 2.21. The van der Waals surface area contributed by atoms with Crippen LogP contribution in [-0.4, -0.2) is 20.0 Å². The van der Waals surface area contributed by atoms with Gasteiger partial charge in [0.1, 0.15) is 5.82 Å². The Morgan fingerprint density at radius 1 is 0.800 bits per heavy atom. The molecule has 0 aliphatic heterocycles. The molecule has 0 aliphatic carbocycles. The second kappa shape index (κ2) is 11.5. The predicted molar refractivity (Wildman–Crippen MR) is 115 cm³/mol. The van der Waals surface area contributed by atoms with Crippen molar-refractivity contribution in [3.8, 4) is 11.1 Å². The van der Waals surface area contributed by atoms with Gasteiger partial charge in [0.2, 0.25) is 0 Å². The summed E-state index contributed by atoms with van der Waals surface area (Å²) in [6.07, 6.45) is 8.04. The minimum Gasteiger partial charge on any atom is -0.353 e. The largest absolute Gasteiger partial charge is 0.353 e. The molecule has 0 amide bonds. The second-order valence-electron chi connectivity index (χ2n) is 7.90. The molecule has 2 nitrogen and oxygen atoms in total. The summed E-state index contributed by atoms with van der Waals surface area (Å²) >= 11 is 0. The first-order valence-corrected chi connectivity index (χ1v) is 10.7. The molecule has 2 aromatic rings. The van der Waals surface area contributed by atoms with Gasteiger partial charge in [-0.3, -0.25) is 0 Å². The number of halogens is 3. The van der Waals surface area contributed by atoms with E-state index in [1.165, 1.54) is 25.7 Å². The fourth-order valence-corrected chi connectivity index (χ4v) is 3.87. The number of hydrogen-bond donors (Lipinski definition) is 0. The zero-order valence-corrected chi connectivity index (χ0v) is 18.4. The van der Waals surface area contributed by atoms with E-state index in [1.807, 2.05) is 19.1 Å². The molecule has 2 rings (SSSR count). The van der Waals surface area contributed by atoms with Gasteiger partial charge in [-0.05, 0) is 30.5 Å². The van der Waals surface area contributed by atoms with Gasteiger partial charge in [0.05, 0.1) is 0 Å². The molecule has 30 heavy (non-hydrogen) atoms. The lowest BCUT2D eigenvalue weighted by molar-refractivity contribution is -0.210. The Kier molecular flexibility index (Phi) is 9.37. The van der Waals surface area contributed by atoms with Gasteiger partial charge in [-0.1, -0.05) is 69.7 Å². The molecule has 2 aromatic carbocycles. The van der Waals surface area contributed by atoms with Gasteiger partial charge in [-0.25, -0.2) is 13.2 Å². The molecule has 166 valence electrons. The highest BCUT2D eigenvalue weighted by Crippen LogP contribution is 2.37. The van der Waals surface area contributed by atoms with Crippen LogP contribution >= 0.6 is 0 Å². The average molecular weight is 423 g/mol. The summed E-state index contributed by atoms with van der Waals surface area (Å²) in [7, 11) is 3.26. The van der Waals surface area contributed by atoms with Crippen molar-refractivity contribution >= 4 is 0 Å². The van der Waals surface area contributed by atoms with E-state index in [9.17, 15) is 13.2 Å². The predicted octanol–water partition coefficient (Wildman–Crippen LogP) is 7.61. The number of unbranched alkanes of at least 4 members (excludes halogenated alkanes) is 5. The van der Waals surface area contributed by atoms with Crippen LogP contribution in [0.2, 0.25) is 0 Å².